The summed E-state index contributed by atoms with van der Waals surface area (Å²) >= 11 is 0. The molecule has 0 aromatic carbocycles. The van der Waals surface area contributed by atoms with Gasteiger partial charge in [0, 0.05) is 6.54 Å². The van der Waals surface area contributed by atoms with Crippen molar-refractivity contribution >= 4 is 6.02 Å². The highest BCUT2D eigenvalue weighted by Gasteiger charge is 2.19. The number of nitrogens with one attached hydrogen (secondary N) is 2. The number of amidine groups is 1. The molecule has 0 unspecified atom stereocenters. The first-order chi connectivity index (χ1) is 5.99. The Morgan fingerprint density at radius 2 is 2.15 bits per heavy atom. The molecule has 0 aliphatic carbocycles. The highest BCUT2D eigenvalue weighted by Crippen LogP contribution is 2.09. The first-order valence-electron chi connectivity index (χ1n) is 4.72. The van der Waals surface area contributed by atoms with E-state index in [2.05, 4.69) is 5.32 Å². The molecule has 0 radical (unpaired) electrons. The van der Waals surface area contributed by atoms with Gasteiger partial charge in [0.25, 0.3) is 6.02 Å². The Kier molecular flexibility index (Phi) is 3.14. The Morgan fingerprint density at radius 1 is 1.46 bits per heavy atom. The van der Waals surface area contributed by atoms with Crippen molar-refractivity contribution in [1.29, 1.82) is 5.41 Å². The summed E-state index contributed by atoms with van der Waals surface area (Å²) in [7, 11) is 0. The van der Waals surface area contributed by atoms with Crippen molar-refractivity contribution in [2.75, 3.05) is 19.8 Å². The van der Waals surface area contributed by atoms with Gasteiger partial charge in [-0.2, -0.15) is 0 Å². The quantitative estimate of drug-likeness (QED) is 0.437. The maximum atomic E-state index is 7.70. The van der Waals surface area contributed by atoms with Crippen LogP contribution >= 0.6 is 0 Å². The van der Waals surface area contributed by atoms with Gasteiger partial charge >= 0.3 is 0 Å². The van der Waals surface area contributed by atoms with E-state index in [4.69, 9.17) is 10.1 Å². The van der Waals surface area contributed by atoms with Gasteiger partial charge in [-0.3, -0.25) is 10.7 Å². The van der Waals surface area contributed by atoms with Crippen LogP contribution in [0.3, 0.4) is 0 Å². The van der Waals surface area contributed by atoms with Gasteiger partial charge < -0.3 is 9.64 Å². The number of rotatable bonds is 0. The Balaban J connectivity index is 2.38. The fourth-order valence-corrected chi connectivity index (χ4v) is 1.22. The van der Waals surface area contributed by atoms with Crippen LogP contribution in [-0.2, 0) is 4.74 Å². The van der Waals surface area contributed by atoms with Crippen LogP contribution in [0.4, 0.5) is 0 Å². The molecule has 1 aliphatic heterocycles. The standard InChI is InChI=1S/C9H19N3O/c1-9(2,3)13-8(10)12-6-4-5-11-7-12/h10-11H,4-7H2,1-3H3. The molecule has 1 aliphatic rings. The summed E-state index contributed by atoms with van der Waals surface area (Å²) in [5.41, 5.74) is -0.269. The lowest BCUT2D eigenvalue weighted by Gasteiger charge is -2.32. The summed E-state index contributed by atoms with van der Waals surface area (Å²) in [6.07, 6.45) is 1.08. The smallest absolute Gasteiger partial charge is 0.285 e. The molecule has 0 aromatic heterocycles. The Bertz CT molecular complexity index is 180. The van der Waals surface area contributed by atoms with E-state index in [-0.39, 0.29) is 11.6 Å². The van der Waals surface area contributed by atoms with Crippen molar-refractivity contribution in [1.82, 2.24) is 10.2 Å². The van der Waals surface area contributed by atoms with Gasteiger partial charge in [0.2, 0.25) is 0 Å². The van der Waals surface area contributed by atoms with Crippen LogP contribution in [0.15, 0.2) is 0 Å². The average molecular weight is 185 g/mol. The summed E-state index contributed by atoms with van der Waals surface area (Å²) in [5, 5.41) is 10.9. The maximum absolute atomic E-state index is 7.70. The zero-order valence-corrected chi connectivity index (χ0v) is 8.68. The summed E-state index contributed by atoms with van der Waals surface area (Å²) < 4.78 is 5.45. The molecular formula is C9H19N3O. The highest BCUT2D eigenvalue weighted by atomic mass is 16.5. The van der Waals surface area contributed by atoms with E-state index in [1.807, 2.05) is 25.7 Å². The molecule has 0 aromatic rings. The van der Waals surface area contributed by atoms with Crippen LogP contribution in [-0.4, -0.2) is 36.3 Å². The molecule has 0 atom stereocenters. The van der Waals surface area contributed by atoms with Crippen molar-refractivity contribution in [2.45, 2.75) is 32.8 Å². The number of hydrogen-bond donors (Lipinski definition) is 2. The predicted octanol–water partition coefficient (Wildman–Crippen LogP) is 0.989. The second kappa shape index (κ2) is 3.96. The lowest BCUT2D eigenvalue weighted by Crippen LogP contribution is -2.47. The molecule has 1 rings (SSSR count). The highest BCUT2D eigenvalue weighted by molar-refractivity contribution is 5.70. The van der Waals surface area contributed by atoms with Gasteiger partial charge in [0.05, 0.1) is 6.67 Å². The molecule has 0 saturated carbocycles. The molecular weight excluding hydrogens is 166 g/mol. The van der Waals surface area contributed by atoms with Gasteiger partial charge in [0.15, 0.2) is 0 Å². The minimum Gasteiger partial charge on any atom is -0.460 e. The number of hydrogen-bond acceptors (Lipinski definition) is 3. The molecule has 0 bridgehead atoms. The van der Waals surface area contributed by atoms with Gasteiger partial charge in [-0.25, -0.2) is 0 Å². The van der Waals surface area contributed by atoms with Gasteiger partial charge in [-0.05, 0) is 33.7 Å². The van der Waals surface area contributed by atoms with Crippen LogP contribution in [0, 0.1) is 5.41 Å². The molecule has 4 nitrogen and oxygen atoms in total. The Labute approximate surface area is 79.8 Å². The summed E-state index contributed by atoms with van der Waals surface area (Å²) in [5.74, 6) is 0. The molecule has 0 spiro atoms. The van der Waals surface area contributed by atoms with Crippen molar-refractivity contribution in [3.8, 4) is 0 Å². The van der Waals surface area contributed by atoms with Crippen LogP contribution in [0.1, 0.15) is 27.2 Å². The predicted molar refractivity (Wildman–Crippen MR) is 52.8 cm³/mol. The third-order valence-corrected chi connectivity index (χ3v) is 1.77. The van der Waals surface area contributed by atoms with Crippen LogP contribution in [0.5, 0.6) is 0 Å². The van der Waals surface area contributed by atoms with Crippen LogP contribution in [0.2, 0.25) is 0 Å². The minimum absolute atomic E-state index is 0.269. The van der Waals surface area contributed by atoms with E-state index in [9.17, 15) is 0 Å². The first kappa shape index (κ1) is 10.3. The molecule has 4 heteroatoms. The van der Waals surface area contributed by atoms with Gasteiger partial charge in [-0.15, -0.1) is 0 Å². The van der Waals surface area contributed by atoms with Crippen LogP contribution < -0.4 is 5.32 Å². The zero-order valence-electron chi connectivity index (χ0n) is 8.68. The second-order valence-corrected chi connectivity index (χ2v) is 4.29. The summed E-state index contributed by atoms with van der Waals surface area (Å²) in [4.78, 5) is 1.91. The first-order valence-corrected chi connectivity index (χ1v) is 4.72. The van der Waals surface area contributed by atoms with Crippen LogP contribution in [0.25, 0.3) is 0 Å². The maximum Gasteiger partial charge on any atom is 0.285 e. The third-order valence-electron chi connectivity index (χ3n) is 1.77. The second-order valence-electron chi connectivity index (χ2n) is 4.29. The van der Waals surface area contributed by atoms with Crippen molar-refractivity contribution in [2.24, 2.45) is 0 Å². The van der Waals surface area contributed by atoms with E-state index in [0.29, 0.717) is 0 Å². The molecule has 0 amide bonds. The molecule has 1 saturated heterocycles. The summed E-state index contributed by atoms with van der Waals surface area (Å²) in [6.45, 7) is 8.56. The van der Waals surface area contributed by atoms with E-state index in [0.717, 1.165) is 26.2 Å². The lowest BCUT2D eigenvalue weighted by atomic mass is 10.2. The molecule has 2 N–H and O–H groups in total. The Morgan fingerprint density at radius 3 is 2.62 bits per heavy atom. The molecule has 1 heterocycles. The zero-order chi connectivity index (χ0) is 9.90. The van der Waals surface area contributed by atoms with E-state index < -0.39 is 0 Å². The van der Waals surface area contributed by atoms with Gasteiger partial charge in [-0.1, -0.05) is 0 Å². The van der Waals surface area contributed by atoms with E-state index >= 15 is 0 Å². The minimum atomic E-state index is -0.269. The molecule has 1 fully saturated rings. The molecule has 76 valence electrons. The van der Waals surface area contributed by atoms with Gasteiger partial charge in [0.1, 0.15) is 5.60 Å². The summed E-state index contributed by atoms with van der Waals surface area (Å²) in [6, 6.07) is 0.278. The number of ether oxygens (including phenoxy) is 1. The van der Waals surface area contributed by atoms with E-state index in [1.54, 1.807) is 0 Å². The third kappa shape index (κ3) is 3.63. The fourth-order valence-electron chi connectivity index (χ4n) is 1.22. The normalized spacial score (nSPS) is 18.5. The topological polar surface area (TPSA) is 48.4 Å². The SMILES string of the molecule is CC(C)(C)OC(=N)N1CCCNC1. The Hall–Kier alpha value is -0.770. The van der Waals surface area contributed by atoms with E-state index in [1.165, 1.54) is 0 Å². The molecule has 13 heavy (non-hydrogen) atoms. The number of nitrogens with zero attached hydrogens (tertiary/aromatic N) is 1. The average Bonchev–Trinajstić information content (AvgIpc) is 2.03. The largest absolute Gasteiger partial charge is 0.460 e. The monoisotopic (exact) mass is 185 g/mol. The van der Waals surface area contributed by atoms with Crippen molar-refractivity contribution < 1.29 is 4.74 Å². The van der Waals surface area contributed by atoms with Crippen molar-refractivity contribution in [3.63, 3.8) is 0 Å². The fraction of sp³-hybridized carbons (Fsp3) is 0.889. The van der Waals surface area contributed by atoms with Crippen molar-refractivity contribution in [3.05, 3.63) is 0 Å². The lowest BCUT2D eigenvalue weighted by molar-refractivity contribution is 0.0794.